The van der Waals surface area contributed by atoms with Crippen molar-refractivity contribution in [3.05, 3.63) is 0 Å². The van der Waals surface area contributed by atoms with Gasteiger partial charge in [0.15, 0.2) is 0 Å². The maximum atomic E-state index is 3.38. The molecule has 1 N–H and O–H groups in total. The first-order valence-electron chi connectivity index (χ1n) is 5.19. The highest BCUT2D eigenvalue weighted by molar-refractivity contribution is 4.77. The molecule has 0 saturated carbocycles. The van der Waals surface area contributed by atoms with Crippen LogP contribution in [0.5, 0.6) is 0 Å². The van der Waals surface area contributed by atoms with E-state index in [0.29, 0.717) is 0 Å². The minimum Gasteiger partial charge on any atom is -0.317 e. The van der Waals surface area contributed by atoms with Crippen LogP contribution in [-0.2, 0) is 0 Å². The molecule has 0 aromatic carbocycles. The third kappa shape index (κ3) is 2.46. The van der Waals surface area contributed by atoms with Gasteiger partial charge in [0.1, 0.15) is 0 Å². The van der Waals surface area contributed by atoms with E-state index in [1.807, 2.05) is 0 Å². The first-order chi connectivity index (χ1) is 5.77. The van der Waals surface area contributed by atoms with E-state index in [1.54, 1.807) is 0 Å². The Hall–Kier alpha value is -0.0800. The second kappa shape index (κ2) is 4.83. The highest BCUT2D eigenvalue weighted by Gasteiger charge is 2.19. The normalized spacial score (nSPS) is 33.2. The molecule has 1 heterocycles. The minimum atomic E-state index is 0.754. The van der Waals surface area contributed by atoms with Gasteiger partial charge in [-0.15, -0.1) is 0 Å². The van der Waals surface area contributed by atoms with Gasteiger partial charge < -0.3 is 10.2 Å². The summed E-state index contributed by atoms with van der Waals surface area (Å²) in [5, 5.41) is 3.38. The smallest absolute Gasteiger partial charge is 0.00768 e. The molecule has 1 fully saturated rings. The van der Waals surface area contributed by atoms with Crippen molar-refractivity contribution >= 4 is 0 Å². The van der Waals surface area contributed by atoms with Gasteiger partial charge in [0, 0.05) is 12.1 Å². The summed E-state index contributed by atoms with van der Waals surface area (Å²) in [5.41, 5.74) is 0. The molecule has 1 rings (SSSR count). The van der Waals surface area contributed by atoms with E-state index in [0.717, 1.165) is 12.1 Å². The van der Waals surface area contributed by atoms with Crippen LogP contribution in [0.1, 0.15) is 33.1 Å². The third-order valence-corrected chi connectivity index (χ3v) is 3.14. The SMILES string of the molecule is CCN1CCC(NC)CCC1C. The Balaban J connectivity index is 2.41. The van der Waals surface area contributed by atoms with Gasteiger partial charge in [-0.2, -0.15) is 0 Å². The molecular weight excluding hydrogens is 148 g/mol. The molecule has 12 heavy (non-hydrogen) atoms. The molecule has 2 atom stereocenters. The number of likely N-dealkylation sites (tertiary alicyclic amines) is 1. The second-order valence-corrected chi connectivity index (χ2v) is 3.83. The average Bonchev–Trinajstić information content (AvgIpc) is 2.27. The van der Waals surface area contributed by atoms with E-state index in [4.69, 9.17) is 0 Å². The molecule has 2 heteroatoms. The fourth-order valence-corrected chi connectivity index (χ4v) is 2.07. The quantitative estimate of drug-likeness (QED) is 0.675. The van der Waals surface area contributed by atoms with Gasteiger partial charge in [-0.05, 0) is 46.3 Å². The Morgan fingerprint density at radius 2 is 2.08 bits per heavy atom. The van der Waals surface area contributed by atoms with Gasteiger partial charge in [-0.3, -0.25) is 0 Å². The lowest BCUT2D eigenvalue weighted by molar-refractivity contribution is 0.224. The molecule has 0 aliphatic carbocycles. The van der Waals surface area contributed by atoms with Crippen LogP contribution >= 0.6 is 0 Å². The maximum Gasteiger partial charge on any atom is 0.00768 e. The van der Waals surface area contributed by atoms with E-state index in [2.05, 4.69) is 31.1 Å². The van der Waals surface area contributed by atoms with Crippen molar-refractivity contribution in [1.82, 2.24) is 10.2 Å². The van der Waals surface area contributed by atoms with E-state index in [1.165, 1.54) is 32.4 Å². The summed E-state index contributed by atoms with van der Waals surface area (Å²) in [6.07, 6.45) is 4.00. The lowest BCUT2D eigenvalue weighted by atomic mass is 10.1. The second-order valence-electron chi connectivity index (χ2n) is 3.83. The van der Waals surface area contributed by atoms with E-state index >= 15 is 0 Å². The van der Waals surface area contributed by atoms with Gasteiger partial charge >= 0.3 is 0 Å². The molecule has 0 aromatic heterocycles. The molecule has 0 radical (unpaired) electrons. The van der Waals surface area contributed by atoms with Gasteiger partial charge in [0.2, 0.25) is 0 Å². The summed E-state index contributed by atoms with van der Waals surface area (Å²) in [4.78, 5) is 2.58. The zero-order valence-electron chi connectivity index (χ0n) is 8.64. The summed E-state index contributed by atoms with van der Waals surface area (Å²) in [6, 6.07) is 1.54. The van der Waals surface area contributed by atoms with Crippen LogP contribution in [0.15, 0.2) is 0 Å². The molecule has 1 saturated heterocycles. The summed E-state index contributed by atoms with van der Waals surface area (Å²) < 4.78 is 0. The molecule has 0 amide bonds. The van der Waals surface area contributed by atoms with Crippen molar-refractivity contribution in [3.63, 3.8) is 0 Å². The van der Waals surface area contributed by atoms with Crippen molar-refractivity contribution in [2.45, 2.75) is 45.2 Å². The predicted molar refractivity (Wildman–Crippen MR) is 53.4 cm³/mol. The topological polar surface area (TPSA) is 15.3 Å². The standard InChI is InChI=1S/C10H22N2/c1-4-12-8-7-10(11-3)6-5-9(12)2/h9-11H,4-8H2,1-3H3. The Labute approximate surface area is 76.3 Å². The summed E-state index contributed by atoms with van der Waals surface area (Å²) >= 11 is 0. The lowest BCUT2D eigenvalue weighted by Crippen LogP contribution is -2.32. The lowest BCUT2D eigenvalue weighted by Gasteiger charge is -2.24. The minimum absolute atomic E-state index is 0.754. The molecular formula is C10H22N2. The highest BCUT2D eigenvalue weighted by Crippen LogP contribution is 2.15. The first-order valence-corrected chi connectivity index (χ1v) is 5.19. The number of hydrogen-bond donors (Lipinski definition) is 1. The van der Waals surface area contributed by atoms with Crippen molar-refractivity contribution in [3.8, 4) is 0 Å². The van der Waals surface area contributed by atoms with Crippen LogP contribution in [0.25, 0.3) is 0 Å². The molecule has 2 nitrogen and oxygen atoms in total. The Morgan fingerprint density at radius 1 is 1.33 bits per heavy atom. The van der Waals surface area contributed by atoms with Gasteiger partial charge in [0.05, 0.1) is 0 Å². The fourth-order valence-electron chi connectivity index (χ4n) is 2.07. The Kier molecular flexibility index (Phi) is 4.02. The average molecular weight is 170 g/mol. The van der Waals surface area contributed by atoms with E-state index in [-0.39, 0.29) is 0 Å². The third-order valence-electron chi connectivity index (χ3n) is 3.14. The predicted octanol–water partition coefficient (Wildman–Crippen LogP) is 1.47. The van der Waals surface area contributed by atoms with E-state index in [9.17, 15) is 0 Å². The van der Waals surface area contributed by atoms with Crippen LogP contribution in [-0.4, -0.2) is 37.1 Å². The van der Waals surface area contributed by atoms with E-state index < -0.39 is 0 Å². The van der Waals surface area contributed by atoms with Crippen molar-refractivity contribution in [2.24, 2.45) is 0 Å². The zero-order chi connectivity index (χ0) is 8.97. The molecule has 0 bridgehead atoms. The molecule has 0 spiro atoms. The van der Waals surface area contributed by atoms with Crippen LogP contribution in [0.3, 0.4) is 0 Å². The van der Waals surface area contributed by atoms with Crippen molar-refractivity contribution < 1.29 is 0 Å². The fraction of sp³-hybridized carbons (Fsp3) is 1.00. The molecule has 72 valence electrons. The molecule has 1 aliphatic heterocycles. The van der Waals surface area contributed by atoms with Crippen LogP contribution in [0.2, 0.25) is 0 Å². The number of nitrogens with zero attached hydrogens (tertiary/aromatic N) is 1. The Bertz CT molecular complexity index is 125. The van der Waals surface area contributed by atoms with Gasteiger partial charge in [-0.1, -0.05) is 6.92 Å². The van der Waals surface area contributed by atoms with Gasteiger partial charge in [0.25, 0.3) is 0 Å². The summed E-state index contributed by atoms with van der Waals surface area (Å²) in [7, 11) is 2.08. The maximum absolute atomic E-state index is 3.38. The summed E-state index contributed by atoms with van der Waals surface area (Å²) in [5.74, 6) is 0. The number of rotatable bonds is 2. The van der Waals surface area contributed by atoms with Gasteiger partial charge in [-0.25, -0.2) is 0 Å². The molecule has 0 aromatic rings. The zero-order valence-corrected chi connectivity index (χ0v) is 8.64. The summed E-state index contributed by atoms with van der Waals surface area (Å²) in [6.45, 7) is 7.08. The monoisotopic (exact) mass is 170 g/mol. The first kappa shape index (κ1) is 10.0. The van der Waals surface area contributed by atoms with Crippen LogP contribution in [0, 0.1) is 0 Å². The van der Waals surface area contributed by atoms with Crippen LogP contribution < -0.4 is 5.32 Å². The highest BCUT2D eigenvalue weighted by atomic mass is 15.1. The van der Waals surface area contributed by atoms with Crippen LogP contribution in [0.4, 0.5) is 0 Å². The van der Waals surface area contributed by atoms with Crippen molar-refractivity contribution in [1.29, 1.82) is 0 Å². The largest absolute Gasteiger partial charge is 0.317 e. The Morgan fingerprint density at radius 3 is 2.67 bits per heavy atom. The molecule has 2 unspecified atom stereocenters. The molecule has 1 aliphatic rings. The number of hydrogen-bond acceptors (Lipinski definition) is 2. The number of nitrogens with one attached hydrogen (secondary N) is 1. The van der Waals surface area contributed by atoms with Crippen molar-refractivity contribution in [2.75, 3.05) is 20.1 Å².